The molecule has 5 heteroatoms. The Labute approximate surface area is 80.0 Å². The van der Waals surface area contributed by atoms with Crippen LogP contribution in [0.2, 0.25) is 0 Å². The second kappa shape index (κ2) is 4.26. The van der Waals surface area contributed by atoms with Crippen molar-refractivity contribution in [2.24, 2.45) is 5.92 Å². The molecule has 0 bridgehead atoms. The lowest BCUT2D eigenvalue weighted by Crippen LogP contribution is -2.32. The number of esters is 1. The molecule has 1 atom stereocenters. The maximum absolute atomic E-state index is 13.0. The van der Waals surface area contributed by atoms with Crippen molar-refractivity contribution in [2.75, 3.05) is 18.6 Å². The number of halogens is 2. The number of ether oxygens (including phenoxy) is 1. The van der Waals surface area contributed by atoms with E-state index in [1.54, 1.807) is 11.8 Å². The lowest BCUT2D eigenvalue weighted by atomic mass is 10.0. The summed E-state index contributed by atoms with van der Waals surface area (Å²) < 4.78 is 30.0. The number of alkyl halides is 2. The number of rotatable bonds is 3. The number of carbonyl (C=O) groups excluding carboxylic acids is 1. The SMILES string of the molecule is COC(=O)C(F)(F)CC1CCSC1. The van der Waals surface area contributed by atoms with Crippen molar-refractivity contribution in [2.45, 2.75) is 18.8 Å². The van der Waals surface area contributed by atoms with Crippen molar-refractivity contribution >= 4 is 17.7 Å². The Bertz CT molecular complexity index is 191. The van der Waals surface area contributed by atoms with Crippen LogP contribution in [0.1, 0.15) is 12.8 Å². The molecule has 1 saturated heterocycles. The van der Waals surface area contributed by atoms with E-state index in [2.05, 4.69) is 4.74 Å². The predicted molar refractivity (Wildman–Crippen MR) is 47.0 cm³/mol. The van der Waals surface area contributed by atoms with E-state index in [4.69, 9.17) is 0 Å². The van der Waals surface area contributed by atoms with Crippen molar-refractivity contribution in [3.05, 3.63) is 0 Å². The third kappa shape index (κ3) is 2.83. The highest BCUT2D eigenvalue weighted by molar-refractivity contribution is 7.99. The molecule has 0 N–H and O–H groups in total. The average molecular weight is 210 g/mol. The molecule has 0 saturated carbocycles. The van der Waals surface area contributed by atoms with Crippen molar-refractivity contribution in [1.29, 1.82) is 0 Å². The smallest absolute Gasteiger partial charge is 0.376 e. The quantitative estimate of drug-likeness (QED) is 0.666. The van der Waals surface area contributed by atoms with Gasteiger partial charge in [-0.3, -0.25) is 0 Å². The minimum absolute atomic E-state index is 0.0425. The molecule has 1 fully saturated rings. The van der Waals surface area contributed by atoms with E-state index < -0.39 is 11.9 Å². The Morgan fingerprint density at radius 1 is 1.69 bits per heavy atom. The second-order valence-corrected chi connectivity index (χ2v) is 4.28. The number of hydrogen-bond donors (Lipinski definition) is 0. The van der Waals surface area contributed by atoms with Crippen molar-refractivity contribution in [3.63, 3.8) is 0 Å². The highest BCUT2D eigenvalue weighted by Gasteiger charge is 2.42. The van der Waals surface area contributed by atoms with Crippen LogP contribution in [0.3, 0.4) is 0 Å². The number of hydrogen-bond acceptors (Lipinski definition) is 3. The van der Waals surface area contributed by atoms with Crippen LogP contribution in [0.4, 0.5) is 8.78 Å². The van der Waals surface area contributed by atoms with Crippen LogP contribution in [-0.2, 0) is 9.53 Å². The minimum atomic E-state index is -3.30. The Balaban J connectivity index is 2.44. The van der Waals surface area contributed by atoms with Gasteiger partial charge in [-0.25, -0.2) is 4.79 Å². The van der Waals surface area contributed by atoms with E-state index in [1.165, 1.54) is 0 Å². The summed E-state index contributed by atoms with van der Waals surface area (Å²) in [5.74, 6) is -3.11. The summed E-state index contributed by atoms with van der Waals surface area (Å²) >= 11 is 1.66. The molecule has 0 radical (unpaired) electrons. The molecule has 76 valence electrons. The molecule has 0 aromatic carbocycles. The summed E-state index contributed by atoms with van der Waals surface area (Å²) in [5.41, 5.74) is 0. The molecule has 1 aliphatic heterocycles. The summed E-state index contributed by atoms with van der Waals surface area (Å²) in [7, 11) is 0.986. The molecular weight excluding hydrogens is 198 g/mol. The Morgan fingerprint density at radius 2 is 2.38 bits per heavy atom. The van der Waals surface area contributed by atoms with E-state index in [-0.39, 0.29) is 12.3 Å². The first-order valence-corrected chi connectivity index (χ1v) is 5.25. The van der Waals surface area contributed by atoms with Gasteiger partial charge >= 0.3 is 11.9 Å². The van der Waals surface area contributed by atoms with Crippen LogP contribution in [-0.4, -0.2) is 30.5 Å². The lowest BCUT2D eigenvalue weighted by Gasteiger charge is -2.16. The van der Waals surface area contributed by atoms with Gasteiger partial charge < -0.3 is 4.74 Å². The Hall–Kier alpha value is -0.320. The second-order valence-electron chi connectivity index (χ2n) is 3.13. The molecule has 13 heavy (non-hydrogen) atoms. The number of methoxy groups -OCH3 is 1. The fourth-order valence-corrected chi connectivity index (χ4v) is 2.62. The molecule has 1 heterocycles. The van der Waals surface area contributed by atoms with Crippen LogP contribution in [0.5, 0.6) is 0 Å². The molecule has 0 aromatic rings. The monoisotopic (exact) mass is 210 g/mol. The van der Waals surface area contributed by atoms with Gasteiger partial charge in [-0.1, -0.05) is 0 Å². The van der Waals surface area contributed by atoms with Gasteiger partial charge in [0.25, 0.3) is 0 Å². The van der Waals surface area contributed by atoms with Crippen molar-refractivity contribution in [3.8, 4) is 0 Å². The molecular formula is C8H12F2O2S. The summed E-state index contributed by atoms with van der Waals surface area (Å²) in [4.78, 5) is 10.6. The van der Waals surface area contributed by atoms with Gasteiger partial charge in [-0.15, -0.1) is 0 Å². The topological polar surface area (TPSA) is 26.3 Å². The van der Waals surface area contributed by atoms with Crippen LogP contribution in [0.25, 0.3) is 0 Å². The third-order valence-corrected chi connectivity index (χ3v) is 3.28. The van der Waals surface area contributed by atoms with Crippen LogP contribution in [0, 0.1) is 5.92 Å². The zero-order chi connectivity index (χ0) is 9.90. The zero-order valence-electron chi connectivity index (χ0n) is 7.39. The van der Waals surface area contributed by atoms with Crippen LogP contribution < -0.4 is 0 Å². The standard InChI is InChI=1S/C8H12F2O2S/c1-12-7(11)8(9,10)4-6-2-3-13-5-6/h6H,2-5H2,1H3. The molecule has 0 spiro atoms. The van der Waals surface area contributed by atoms with Crippen molar-refractivity contribution in [1.82, 2.24) is 0 Å². The fraction of sp³-hybridized carbons (Fsp3) is 0.875. The van der Waals surface area contributed by atoms with E-state index in [1.807, 2.05) is 0 Å². The molecule has 0 aliphatic carbocycles. The van der Waals surface area contributed by atoms with Gasteiger partial charge in [0.15, 0.2) is 0 Å². The first kappa shape index (κ1) is 10.8. The molecule has 0 amide bonds. The summed E-state index contributed by atoms with van der Waals surface area (Å²) in [5, 5.41) is 0. The maximum atomic E-state index is 13.0. The summed E-state index contributed by atoms with van der Waals surface area (Å²) in [6, 6.07) is 0. The molecule has 1 unspecified atom stereocenters. The lowest BCUT2D eigenvalue weighted by molar-refractivity contribution is -0.170. The highest BCUT2D eigenvalue weighted by atomic mass is 32.2. The summed E-state index contributed by atoms with van der Waals surface area (Å²) in [6.07, 6.45) is 0.407. The molecule has 0 aromatic heterocycles. The largest absolute Gasteiger partial charge is 0.465 e. The minimum Gasteiger partial charge on any atom is -0.465 e. The molecule has 2 nitrogen and oxygen atoms in total. The van der Waals surface area contributed by atoms with Crippen LogP contribution >= 0.6 is 11.8 Å². The van der Waals surface area contributed by atoms with Gasteiger partial charge in [-0.05, 0) is 23.8 Å². The fourth-order valence-electron chi connectivity index (χ4n) is 1.34. The normalized spacial score (nSPS) is 23.2. The van der Waals surface area contributed by atoms with E-state index in [9.17, 15) is 13.6 Å². The van der Waals surface area contributed by atoms with Crippen molar-refractivity contribution < 1.29 is 18.3 Å². The van der Waals surface area contributed by atoms with Gasteiger partial charge in [0.1, 0.15) is 0 Å². The Kier molecular flexibility index (Phi) is 3.53. The predicted octanol–water partition coefficient (Wildman–Crippen LogP) is 1.94. The van der Waals surface area contributed by atoms with Gasteiger partial charge in [0.2, 0.25) is 0 Å². The van der Waals surface area contributed by atoms with E-state index in [0.29, 0.717) is 0 Å². The van der Waals surface area contributed by atoms with Gasteiger partial charge in [0.05, 0.1) is 7.11 Å². The number of thioether (sulfide) groups is 1. The Morgan fingerprint density at radius 3 is 2.85 bits per heavy atom. The zero-order valence-corrected chi connectivity index (χ0v) is 8.20. The number of carbonyl (C=O) groups is 1. The molecule has 1 rings (SSSR count). The average Bonchev–Trinajstić information content (AvgIpc) is 2.54. The first-order valence-electron chi connectivity index (χ1n) is 4.10. The third-order valence-electron chi connectivity index (χ3n) is 2.05. The maximum Gasteiger partial charge on any atom is 0.376 e. The van der Waals surface area contributed by atoms with Gasteiger partial charge in [0, 0.05) is 6.42 Å². The van der Waals surface area contributed by atoms with Crippen LogP contribution in [0.15, 0.2) is 0 Å². The van der Waals surface area contributed by atoms with E-state index >= 15 is 0 Å². The van der Waals surface area contributed by atoms with Gasteiger partial charge in [-0.2, -0.15) is 20.5 Å². The van der Waals surface area contributed by atoms with E-state index in [0.717, 1.165) is 25.0 Å². The highest BCUT2D eigenvalue weighted by Crippen LogP contribution is 2.33. The molecule has 1 aliphatic rings. The first-order chi connectivity index (χ1) is 6.06. The summed E-state index contributed by atoms with van der Waals surface area (Å²) in [6.45, 7) is 0.